The maximum absolute atomic E-state index is 11.0. The van der Waals surface area contributed by atoms with Crippen LogP contribution in [0.1, 0.15) is 30.1 Å². The van der Waals surface area contributed by atoms with Gasteiger partial charge in [-0.1, -0.05) is 13.0 Å². The quantitative estimate of drug-likeness (QED) is 0.884. The highest BCUT2D eigenvalue weighted by Gasteiger charge is 2.24. The number of carboxylic acid groups (broad SMARTS) is 1. The predicted octanol–water partition coefficient (Wildman–Crippen LogP) is 2.31. The number of aromatic carboxylic acids is 1. The van der Waals surface area contributed by atoms with Crippen LogP contribution in [0.25, 0.3) is 0 Å². The molecule has 1 fully saturated rings. The Morgan fingerprint density at radius 2 is 2.32 bits per heavy atom. The minimum absolute atomic E-state index is 0.350. The molecule has 1 aromatic rings. The van der Waals surface area contributed by atoms with E-state index in [0.717, 1.165) is 18.8 Å². The van der Waals surface area contributed by atoms with Crippen LogP contribution >= 0.6 is 0 Å². The molecule has 0 spiro atoms. The minimum atomic E-state index is -0.869. The average molecular weight is 262 g/mol. The van der Waals surface area contributed by atoms with Gasteiger partial charge in [0.05, 0.1) is 5.56 Å². The molecule has 2 rings (SSSR count). The van der Waals surface area contributed by atoms with Crippen molar-refractivity contribution in [1.82, 2.24) is 4.90 Å². The fourth-order valence-corrected chi connectivity index (χ4v) is 2.82. The van der Waals surface area contributed by atoms with Gasteiger partial charge in [-0.05, 0) is 44.1 Å². The number of rotatable bonds is 5. The Kier molecular flexibility index (Phi) is 4.43. The van der Waals surface area contributed by atoms with E-state index in [4.69, 9.17) is 5.11 Å². The van der Waals surface area contributed by atoms with Crippen LogP contribution in [0, 0.1) is 0 Å². The topological polar surface area (TPSA) is 43.8 Å². The van der Waals surface area contributed by atoms with Crippen molar-refractivity contribution in [3.63, 3.8) is 0 Å². The second-order valence-electron chi connectivity index (χ2n) is 5.16. The molecule has 104 valence electrons. The van der Waals surface area contributed by atoms with Gasteiger partial charge in [0, 0.05) is 25.3 Å². The van der Waals surface area contributed by atoms with Crippen molar-refractivity contribution < 1.29 is 9.90 Å². The Bertz CT molecular complexity index is 448. The third-order valence-corrected chi connectivity index (χ3v) is 3.92. The molecule has 0 aromatic heterocycles. The number of nitrogens with zero attached hydrogens (tertiary/aromatic N) is 2. The minimum Gasteiger partial charge on any atom is -0.478 e. The maximum Gasteiger partial charge on any atom is 0.335 e. The summed E-state index contributed by atoms with van der Waals surface area (Å²) in [6, 6.07) is 7.74. The van der Waals surface area contributed by atoms with E-state index in [1.165, 1.54) is 19.4 Å². The van der Waals surface area contributed by atoms with Crippen molar-refractivity contribution in [1.29, 1.82) is 0 Å². The molecule has 0 saturated carbocycles. The summed E-state index contributed by atoms with van der Waals surface area (Å²) in [4.78, 5) is 15.6. The molecule has 0 radical (unpaired) electrons. The number of benzene rings is 1. The van der Waals surface area contributed by atoms with Crippen molar-refractivity contribution in [2.45, 2.75) is 25.8 Å². The van der Waals surface area contributed by atoms with Gasteiger partial charge in [0.1, 0.15) is 0 Å². The van der Waals surface area contributed by atoms with Gasteiger partial charge in [-0.2, -0.15) is 0 Å². The van der Waals surface area contributed by atoms with E-state index in [0.29, 0.717) is 11.6 Å². The van der Waals surface area contributed by atoms with E-state index >= 15 is 0 Å². The summed E-state index contributed by atoms with van der Waals surface area (Å²) in [5, 5.41) is 9.03. The summed E-state index contributed by atoms with van der Waals surface area (Å²) in [6.45, 7) is 5.43. The van der Waals surface area contributed by atoms with E-state index in [-0.39, 0.29) is 0 Å². The van der Waals surface area contributed by atoms with Crippen molar-refractivity contribution in [2.24, 2.45) is 0 Å². The molecule has 1 unspecified atom stereocenters. The first-order valence-corrected chi connectivity index (χ1v) is 6.90. The number of carbonyl (C=O) groups is 1. The van der Waals surface area contributed by atoms with Gasteiger partial charge in [0.25, 0.3) is 0 Å². The van der Waals surface area contributed by atoms with Gasteiger partial charge in [-0.25, -0.2) is 4.79 Å². The van der Waals surface area contributed by atoms with E-state index < -0.39 is 5.97 Å². The number of anilines is 1. The molecule has 0 bridgehead atoms. The van der Waals surface area contributed by atoms with Crippen molar-refractivity contribution in [3.8, 4) is 0 Å². The molecule has 1 aliphatic heterocycles. The van der Waals surface area contributed by atoms with Gasteiger partial charge in [-0.15, -0.1) is 0 Å². The number of carboxylic acids is 1. The summed E-state index contributed by atoms with van der Waals surface area (Å²) >= 11 is 0. The van der Waals surface area contributed by atoms with Crippen molar-refractivity contribution >= 4 is 11.7 Å². The summed E-state index contributed by atoms with van der Waals surface area (Å²) < 4.78 is 0. The summed E-state index contributed by atoms with van der Waals surface area (Å²) in [5.41, 5.74) is 1.32. The second-order valence-corrected chi connectivity index (χ2v) is 5.16. The lowest BCUT2D eigenvalue weighted by Gasteiger charge is -2.29. The Morgan fingerprint density at radius 3 is 3.00 bits per heavy atom. The van der Waals surface area contributed by atoms with Gasteiger partial charge in [-0.3, -0.25) is 4.90 Å². The number of likely N-dealkylation sites (N-methyl/N-ethyl adjacent to an activating group) is 2. The third kappa shape index (κ3) is 3.26. The molecule has 1 aliphatic rings. The molecular formula is C15H22N2O2. The van der Waals surface area contributed by atoms with Crippen LogP contribution in [0.15, 0.2) is 24.3 Å². The first kappa shape index (κ1) is 13.9. The monoisotopic (exact) mass is 262 g/mol. The molecule has 0 aliphatic carbocycles. The van der Waals surface area contributed by atoms with Crippen LogP contribution in [-0.4, -0.2) is 48.7 Å². The number of hydrogen-bond acceptors (Lipinski definition) is 3. The summed E-state index contributed by atoms with van der Waals surface area (Å²) in [7, 11) is 2.03. The Hall–Kier alpha value is -1.55. The second kappa shape index (κ2) is 6.06. The largest absolute Gasteiger partial charge is 0.478 e. The fraction of sp³-hybridized carbons (Fsp3) is 0.533. The Morgan fingerprint density at radius 1 is 1.53 bits per heavy atom. The van der Waals surface area contributed by atoms with Crippen LogP contribution in [0.4, 0.5) is 5.69 Å². The number of hydrogen-bond donors (Lipinski definition) is 1. The zero-order valence-electron chi connectivity index (χ0n) is 11.7. The molecule has 4 heteroatoms. The molecule has 1 atom stereocenters. The molecule has 1 N–H and O–H groups in total. The average Bonchev–Trinajstić information content (AvgIpc) is 2.86. The molecular weight excluding hydrogens is 240 g/mol. The van der Waals surface area contributed by atoms with Crippen molar-refractivity contribution in [3.05, 3.63) is 29.8 Å². The zero-order chi connectivity index (χ0) is 13.8. The highest BCUT2D eigenvalue weighted by Crippen LogP contribution is 2.21. The Labute approximate surface area is 114 Å². The normalized spacial score (nSPS) is 19.6. The summed E-state index contributed by atoms with van der Waals surface area (Å²) in [5.74, 6) is -0.869. The van der Waals surface area contributed by atoms with Gasteiger partial charge >= 0.3 is 5.97 Å². The van der Waals surface area contributed by atoms with Crippen LogP contribution in [0.5, 0.6) is 0 Å². The van der Waals surface area contributed by atoms with Crippen LogP contribution in [0.2, 0.25) is 0 Å². The lowest BCUT2D eigenvalue weighted by atomic mass is 10.1. The lowest BCUT2D eigenvalue weighted by Crippen LogP contribution is -2.38. The van der Waals surface area contributed by atoms with Crippen LogP contribution < -0.4 is 4.90 Å². The zero-order valence-corrected chi connectivity index (χ0v) is 11.7. The maximum atomic E-state index is 11.0. The first-order chi connectivity index (χ1) is 9.11. The molecule has 1 heterocycles. The van der Waals surface area contributed by atoms with Crippen LogP contribution in [-0.2, 0) is 0 Å². The molecule has 0 amide bonds. The molecule has 4 nitrogen and oxygen atoms in total. The third-order valence-electron chi connectivity index (χ3n) is 3.92. The standard InChI is InChI=1S/C15H22N2O2/c1-3-17-9-5-8-14(17)11-16(2)13-7-4-6-12(10-13)15(18)19/h4,6-7,10,14H,3,5,8-9,11H2,1-2H3,(H,18,19). The van der Waals surface area contributed by atoms with E-state index in [9.17, 15) is 4.79 Å². The smallest absolute Gasteiger partial charge is 0.335 e. The molecule has 19 heavy (non-hydrogen) atoms. The fourth-order valence-electron chi connectivity index (χ4n) is 2.82. The Balaban J connectivity index is 2.05. The highest BCUT2D eigenvalue weighted by atomic mass is 16.4. The molecule has 1 saturated heterocycles. The van der Waals surface area contributed by atoms with Crippen LogP contribution in [0.3, 0.4) is 0 Å². The lowest BCUT2D eigenvalue weighted by molar-refractivity contribution is 0.0697. The van der Waals surface area contributed by atoms with E-state index in [2.05, 4.69) is 16.7 Å². The van der Waals surface area contributed by atoms with Gasteiger partial charge in [0.2, 0.25) is 0 Å². The van der Waals surface area contributed by atoms with Gasteiger partial charge in [0.15, 0.2) is 0 Å². The summed E-state index contributed by atoms with van der Waals surface area (Å²) in [6.07, 6.45) is 2.50. The SMILES string of the molecule is CCN1CCCC1CN(C)c1cccc(C(=O)O)c1. The van der Waals surface area contributed by atoms with E-state index in [1.807, 2.05) is 19.2 Å². The highest BCUT2D eigenvalue weighted by molar-refractivity contribution is 5.88. The van der Waals surface area contributed by atoms with Crippen molar-refractivity contribution in [2.75, 3.05) is 31.6 Å². The first-order valence-electron chi connectivity index (χ1n) is 6.90. The van der Waals surface area contributed by atoms with Gasteiger partial charge < -0.3 is 10.0 Å². The van der Waals surface area contributed by atoms with E-state index in [1.54, 1.807) is 12.1 Å². The number of likely N-dealkylation sites (tertiary alicyclic amines) is 1. The molecule has 1 aromatic carbocycles. The predicted molar refractivity (Wildman–Crippen MR) is 76.9 cm³/mol.